The largest absolute Gasteiger partial charge is 0.466 e. The maximum Gasteiger partial charge on any atom is 0.313 e. The number of H-pyrrole nitrogens is 1. The topological polar surface area (TPSA) is 67.4 Å². The number of hydrogen-bond donors (Lipinski definition) is 1. The SMILES string of the molecule is CCOC(=O)Cc1ncc(-c2ccc(N3CCOCC3)cc2)[nH]1. The molecule has 122 valence electrons. The first-order chi connectivity index (χ1) is 11.3. The summed E-state index contributed by atoms with van der Waals surface area (Å²) in [5.74, 6) is 0.353. The summed E-state index contributed by atoms with van der Waals surface area (Å²) < 4.78 is 10.3. The summed E-state index contributed by atoms with van der Waals surface area (Å²) in [7, 11) is 0. The van der Waals surface area contributed by atoms with Crippen molar-refractivity contribution in [1.29, 1.82) is 0 Å². The van der Waals surface area contributed by atoms with Crippen molar-refractivity contribution < 1.29 is 14.3 Å². The number of ether oxygens (including phenoxy) is 2. The Labute approximate surface area is 135 Å². The number of anilines is 1. The number of carbonyl (C=O) groups excluding carboxylic acids is 1. The highest BCUT2D eigenvalue weighted by Crippen LogP contribution is 2.22. The van der Waals surface area contributed by atoms with Crippen LogP contribution in [-0.4, -0.2) is 48.8 Å². The smallest absolute Gasteiger partial charge is 0.313 e. The molecule has 0 atom stereocenters. The Morgan fingerprint density at radius 2 is 2.04 bits per heavy atom. The molecule has 2 aromatic rings. The average molecular weight is 315 g/mol. The van der Waals surface area contributed by atoms with Crippen molar-refractivity contribution in [3.8, 4) is 11.3 Å². The lowest BCUT2D eigenvalue weighted by molar-refractivity contribution is -0.142. The van der Waals surface area contributed by atoms with Crippen molar-refractivity contribution in [3.63, 3.8) is 0 Å². The molecule has 0 amide bonds. The van der Waals surface area contributed by atoms with Gasteiger partial charge in [-0.1, -0.05) is 12.1 Å². The van der Waals surface area contributed by atoms with Crippen molar-refractivity contribution in [2.24, 2.45) is 0 Å². The quantitative estimate of drug-likeness (QED) is 0.855. The van der Waals surface area contributed by atoms with Gasteiger partial charge in [0.25, 0.3) is 0 Å². The number of aromatic amines is 1. The third-order valence-corrected chi connectivity index (χ3v) is 3.80. The number of rotatable bonds is 5. The van der Waals surface area contributed by atoms with E-state index in [0.29, 0.717) is 12.4 Å². The van der Waals surface area contributed by atoms with Crippen LogP contribution in [0.2, 0.25) is 0 Å². The lowest BCUT2D eigenvalue weighted by Crippen LogP contribution is -2.36. The van der Waals surface area contributed by atoms with Crippen LogP contribution in [0.3, 0.4) is 0 Å². The Bertz CT molecular complexity index is 645. The molecule has 1 aromatic carbocycles. The summed E-state index contributed by atoms with van der Waals surface area (Å²) in [6.07, 6.45) is 1.91. The number of morpholine rings is 1. The molecule has 3 rings (SSSR count). The van der Waals surface area contributed by atoms with E-state index in [1.54, 1.807) is 13.1 Å². The molecule has 23 heavy (non-hydrogen) atoms. The molecule has 0 unspecified atom stereocenters. The number of benzene rings is 1. The van der Waals surface area contributed by atoms with Crippen LogP contribution in [0.4, 0.5) is 5.69 Å². The van der Waals surface area contributed by atoms with Crippen LogP contribution in [0.5, 0.6) is 0 Å². The van der Waals surface area contributed by atoms with Crippen molar-refractivity contribution in [1.82, 2.24) is 9.97 Å². The summed E-state index contributed by atoms with van der Waals surface area (Å²) in [4.78, 5) is 21.2. The third-order valence-electron chi connectivity index (χ3n) is 3.80. The van der Waals surface area contributed by atoms with Crippen LogP contribution in [0.15, 0.2) is 30.5 Å². The molecule has 1 saturated heterocycles. The number of nitrogens with one attached hydrogen (secondary N) is 1. The normalized spacial score (nSPS) is 14.7. The molecule has 1 N–H and O–H groups in total. The van der Waals surface area contributed by atoms with Crippen LogP contribution in [0.1, 0.15) is 12.7 Å². The third kappa shape index (κ3) is 3.90. The van der Waals surface area contributed by atoms with Gasteiger partial charge in [-0.2, -0.15) is 0 Å². The molecule has 1 aliphatic rings. The zero-order chi connectivity index (χ0) is 16.1. The van der Waals surface area contributed by atoms with E-state index >= 15 is 0 Å². The Kier molecular flexibility index (Phi) is 4.92. The molecule has 1 aromatic heterocycles. The van der Waals surface area contributed by atoms with Crippen molar-refractivity contribution in [2.75, 3.05) is 37.8 Å². The molecule has 0 bridgehead atoms. The maximum absolute atomic E-state index is 11.5. The van der Waals surface area contributed by atoms with Crippen LogP contribution >= 0.6 is 0 Å². The average Bonchev–Trinajstić information content (AvgIpc) is 3.04. The minimum atomic E-state index is -0.268. The zero-order valence-electron chi connectivity index (χ0n) is 13.2. The van der Waals surface area contributed by atoms with E-state index in [2.05, 4.69) is 39.1 Å². The lowest BCUT2D eigenvalue weighted by atomic mass is 10.1. The minimum Gasteiger partial charge on any atom is -0.466 e. The van der Waals surface area contributed by atoms with Gasteiger partial charge in [0, 0.05) is 18.8 Å². The Morgan fingerprint density at radius 3 is 2.74 bits per heavy atom. The van der Waals surface area contributed by atoms with Gasteiger partial charge in [0.1, 0.15) is 12.2 Å². The maximum atomic E-state index is 11.5. The molecule has 6 heteroatoms. The van der Waals surface area contributed by atoms with Crippen molar-refractivity contribution in [2.45, 2.75) is 13.3 Å². The highest BCUT2D eigenvalue weighted by atomic mass is 16.5. The van der Waals surface area contributed by atoms with Crippen LogP contribution < -0.4 is 4.90 Å². The number of esters is 1. The Morgan fingerprint density at radius 1 is 1.30 bits per heavy atom. The van der Waals surface area contributed by atoms with Gasteiger partial charge >= 0.3 is 5.97 Å². The molecule has 1 fully saturated rings. The second-order valence-corrected chi connectivity index (χ2v) is 5.37. The number of carbonyl (C=O) groups is 1. The van der Waals surface area contributed by atoms with Gasteiger partial charge in [-0.05, 0) is 24.6 Å². The first-order valence-electron chi connectivity index (χ1n) is 7.89. The van der Waals surface area contributed by atoms with E-state index in [0.717, 1.165) is 37.6 Å². The molecule has 0 spiro atoms. The highest BCUT2D eigenvalue weighted by Gasteiger charge is 2.12. The molecular weight excluding hydrogens is 294 g/mol. The lowest BCUT2D eigenvalue weighted by Gasteiger charge is -2.28. The summed E-state index contributed by atoms with van der Waals surface area (Å²) in [5.41, 5.74) is 3.14. The Hall–Kier alpha value is -2.34. The molecule has 0 saturated carbocycles. The summed E-state index contributed by atoms with van der Waals surface area (Å²) in [5, 5.41) is 0. The zero-order valence-corrected chi connectivity index (χ0v) is 13.2. The van der Waals surface area contributed by atoms with E-state index in [9.17, 15) is 4.79 Å². The monoisotopic (exact) mass is 315 g/mol. The van der Waals surface area contributed by atoms with Gasteiger partial charge in [-0.25, -0.2) is 4.98 Å². The molecule has 0 radical (unpaired) electrons. The second-order valence-electron chi connectivity index (χ2n) is 5.37. The number of aromatic nitrogens is 2. The highest BCUT2D eigenvalue weighted by molar-refractivity contribution is 5.72. The summed E-state index contributed by atoms with van der Waals surface area (Å²) in [6, 6.07) is 8.33. The molecule has 2 heterocycles. The second kappa shape index (κ2) is 7.28. The summed E-state index contributed by atoms with van der Waals surface area (Å²) in [6.45, 7) is 5.58. The van der Waals surface area contributed by atoms with Gasteiger partial charge in [0.2, 0.25) is 0 Å². The van der Waals surface area contributed by atoms with Crippen LogP contribution in [-0.2, 0) is 20.7 Å². The van der Waals surface area contributed by atoms with Crippen LogP contribution in [0.25, 0.3) is 11.3 Å². The Balaban J connectivity index is 1.67. The molecule has 0 aliphatic carbocycles. The molecule has 1 aliphatic heterocycles. The van der Waals surface area contributed by atoms with E-state index in [4.69, 9.17) is 9.47 Å². The standard InChI is InChI=1S/C17H21N3O3/c1-2-23-17(21)11-16-18-12-15(19-16)13-3-5-14(6-4-13)20-7-9-22-10-8-20/h3-6,12H,2,7-11H2,1H3,(H,18,19). The first-order valence-corrected chi connectivity index (χ1v) is 7.89. The minimum absolute atomic E-state index is 0.166. The number of hydrogen-bond acceptors (Lipinski definition) is 5. The van der Waals surface area contributed by atoms with Gasteiger partial charge in [-0.3, -0.25) is 4.79 Å². The van der Waals surface area contributed by atoms with Crippen LogP contribution in [0, 0.1) is 0 Å². The van der Waals surface area contributed by atoms with E-state index in [1.165, 1.54) is 5.69 Å². The van der Waals surface area contributed by atoms with Gasteiger partial charge in [-0.15, -0.1) is 0 Å². The number of imidazole rings is 1. The fourth-order valence-electron chi connectivity index (χ4n) is 2.62. The fourth-order valence-corrected chi connectivity index (χ4v) is 2.62. The van der Waals surface area contributed by atoms with Crippen molar-refractivity contribution >= 4 is 11.7 Å². The number of nitrogens with zero attached hydrogens (tertiary/aromatic N) is 2. The van der Waals surface area contributed by atoms with Crippen molar-refractivity contribution in [3.05, 3.63) is 36.3 Å². The fraction of sp³-hybridized carbons (Fsp3) is 0.412. The van der Waals surface area contributed by atoms with E-state index in [-0.39, 0.29) is 12.4 Å². The predicted octanol–water partition coefficient (Wildman–Crippen LogP) is 2.02. The molecular formula is C17H21N3O3. The van der Waals surface area contributed by atoms with Gasteiger partial charge in [0.05, 0.1) is 31.7 Å². The first kappa shape index (κ1) is 15.6. The van der Waals surface area contributed by atoms with Gasteiger partial charge in [0.15, 0.2) is 0 Å². The summed E-state index contributed by atoms with van der Waals surface area (Å²) >= 11 is 0. The van der Waals surface area contributed by atoms with E-state index in [1.807, 2.05) is 0 Å². The van der Waals surface area contributed by atoms with Gasteiger partial charge < -0.3 is 19.4 Å². The predicted molar refractivity (Wildman–Crippen MR) is 87.4 cm³/mol. The van der Waals surface area contributed by atoms with E-state index < -0.39 is 0 Å². The molecule has 6 nitrogen and oxygen atoms in total.